The van der Waals surface area contributed by atoms with Crippen LogP contribution < -0.4 is 5.73 Å². The minimum atomic E-state index is 0.714. The van der Waals surface area contributed by atoms with E-state index in [1.54, 1.807) is 0 Å². The molecule has 1 heteroatoms. The van der Waals surface area contributed by atoms with Crippen LogP contribution in [0.1, 0.15) is 37.2 Å². The normalized spacial score (nSPS) is 27.5. The SMILES string of the molecule is NC[C@H]1CCCC[C@H]1c1ccccc1. The van der Waals surface area contributed by atoms with E-state index in [1.165, 1.54) is 31.2 Å². The van der Waals surface area contributed by atoms with Crippen LogP contribution in [-0.4, -0.2) is 6.54 Å². The van der Waals surface area contributed by atoms with Crippen molar-refractivity contribution in [2.24, 2.45) is 11.7 Å². The van der Waals surface area contributed by atoms with Crippen molar-refractivity contribution in [3.05, 3.63) is 35.9 Å². The third-order valence-electron chi connectivity index (χ3n) is 3.44. The van der Waals surface area contributed by atoms with Gasteiger partial charge in [-0.15, -0.1) is 0 Å². The Morgan fingerprint density at radius 1 is 1.07 bits per heavy atom. The number of hydrogen-bond donors (Lipinski definition) is 1. The molecule has 0 amide bonds. The first-order chi connectivity index (χ1) is 6.92. The Morgan fingerprint density at radius 2 is 1.79 bits per heavy atom. The summed E-state index contributed by atoms with van der Waals surface area (Å²) < 4.78 is 0. The molecule has 2 N–H and O–H groups in total. The van der Waals surface area contributed by atoms with E-state index in [4.69, 9.17) is 5.73 Å². The highest BCUT2D eigenvalue weighted by molar-refractivity contribution is 5.20. The predicted octanol–water partition coefficient (Wildman–Crippen LogP) is 2.92. The Morgan fingerprint density at radius 3 is 2.50 bits per heavy atom. The fourth-order valence-electron chi connectivity index (χ4n) is 2.63. The molecular weight excluding hydrogens is 170 g/mol. The molecule has 2 rings (SSSR count). The van der Waals surface area contributed by atoms with Crippen molar-refractivity contribution in [3.8, 4) is 0 Å². The van der Waals surface area contributed by atoms with E-state index >= 15 is 0 Å². The van der Waals surface area contributed by atoms with E-state index in [1.807, 2.05) is 0 Å². The van der Waals surface area contributed by atoms with Crippen LogP contribution >= 0.6 is 0 Å². The second-order valence-corrected chi connectivity index (χ2v) is 4.30. The Labute approximate surface area is 86.3 Å². The number of hydrogen-bond acceptors (Lipinski definition) is 1. The molecule has 0 spiro atoms. The average Bonchev–Trinajstić information content (AvgIpc) is 2.30. The van der Waals surface area contributed by atoms with Gasteiger partial charge < -0.3 is 5.73 Å². The highest BCUT2D eigenvalue weighted by Gasteiger charge is 2.24. The minimum Gasteiger partial charge on any atom is -0.330 e. The van der Waals surface area contributed by atoms with Gasteiger partial charge in [0.1, 0.15) is 0 Å². The zero-order chi connectivity index (χ0) is 9.80. The lowest BCUT2D eigenvalue weighted by Crippen LogP contribution is -2.25. The zero-order valence-electron chi connectivity index (χ0n) is 8.65. The summed E-state index contributed by atoms with van der Waals surface area (Å²) in [5.74, 6) is 1.43. The molecular formula is C13H19N. The minimum absolute atomic E-state index is 0.714. The molecule has 1 fully saturated rings. The van der Waals surface area contributed by atoms with Crippen LogP contribution in [0, 0.1) is 5.92 Å². The molecule has 1 aliphatic carbocycles. The van der Waals surface area contributed by atoms with Crippen molar-refractivity contribution in [1.29, 1.82) is 0 Å². The summed E-state index contributed by atoms with van der Waals surface area (Å²) in [7, 11) is 0. The third kappa shape index (κ3) is 1.98. The lowest BCUT2D eigenvalue weighted by molar-refractivity contribution is 0.314. The van der Waals surface area contributed by atoms with Crippen LogP contribution in [-0.2, 0) is 0 Å². The molecule has 1 aromatic carbocycles. The summed E-state index contributed by atoms with van der Waals surface area (Å²) in [5, 5.41) is 0. The standard InChI is InChI=1S/C13H19N/c14-10-12-8-4-5-9-13(12)11-6-2-1-3-7-11/h1-3,6-7,12-13H,4-5,8-10,14H2/t12-,13+/m1/s1. The van der Waals surface area contributed by atoms with E-state index < -0.39 is 0 Å². The Hall–Kier alpha value is -0.820. The molecule has 0 bridgehead atoms. The molecule has 0 aromatic heterocycles. The van der Waals surface area contributed by atoms with Crippen molar-refractivity contribution in [2.75, 3.05) is 6.54 Å². The molecule has 76 valence electrons. The van der Waals surface area contributed by atoms with Crippen LogP contribution in [0.15, 0.2) is 30.3 Å². The summed E-state index contributed by atoms with van der Waals surface area (Å²) in [6.45, 7) is 0.847. The average molecular weight is 189 g/mol. The van der Waals surface area contributed by atoms with Gasteiger partial charge in [-0.2, -0.15) is 0 Å². The Balaban J connectivity index is 2.15. The van der Waals surface area contributed by atoms with Gasteiger partial charge in [0.05, 0.1) is 0 Å². The molecule has 0 unspecified atom stereocenters. The number of nitrogens with two attached hydrogens (primary N) is 1. The monoisotopic (exact) mass is 189 g/mol. The second kappa shape index (κ2) is 4.61. The largest absolute Gasteiger partial charge is 0.330 e. The fraction of sp³-hybridized carbons (Fsp3) is 0.538. The maximum atomic E-state index is 5.83. The molecule has 0 heterocycles. The van der Waals surface area contributed by atoms with E-state index in [0.29, 0.717) is 5.92 Å². The van der Waals surface area contributed by atoms with E-state index in [9.17, 15) is 0 Å². The third-order valence-corrected chi connectivity index (χ3v) is 3.44. The van der Waals surface area contributed by atoms with Crippen LogP contribution in [0.25, 0.3) is 0 Å². The van der Waals surface area contributed by atoms with Crippen molar-refractivity contribution in [2.45, 2.75) is 31.6 Å². The van der Waals surface area contributed by atoms with Crippen molar-refractivity contribution in [3.63, 3.8) is 0 Å². The maximum Gasteiger partial charge on any atom is -0.00430 e. The highest BCUT2D eigenvalue weighted by atomic mass is 14.6. The summed E-state index contributed by atoms with van der Waals surface area (Å²) in [6.07, 6.45) is 5.38. The quantitative estimate of drug-likeness (QED) is 0.760. The molecule has 0 radical (unpaired) electrons. The topological polar surface area (TPSA) is 26.0 Å². The molecule has 1 saturated carbocycles. The maximum absolute atomic E-state index is 5.83. The highest BCUT2D eigenvalue weighted by Crippen LogP contribution is 2.36. The van der Waals surface area contributed by atoms with Gasteiger partial charge in [0.2, 0.25) is 0 Å². The van der Waals surface area contributed by atoms with Gasteiger partial charge in [0, 0.05) is 0 Å². The zero-order valence-corrected chi connectivity index (χ0v) is 8.65. The summed E-state index contributed by atoms with van der Waals surface area (Å²) in [5.41, 5.74) is 7.32. The van der Waals surface area contributed by atoms with Crippen molar-refractivity contribution in [1.82, 2.24) is 0 Å². The first-order valence-corrected chi connectivity index (χ1v) is 5.67. The van der Waals surface area contributed by atoms with Crippen LogP contribution in [0.5, 0.6) is 0 Å². The summed E-state index contributed by atoms with van der Waals surface area (Å²) in [6, 6.07) is 10.9. The molecule has 1 aliphatic rings. The Bertz CT molecular complexity index is 268. The molecule has 1 aromatic rings. The van der Waals surface area contributed by atoms with Crippen molar-refractivity contribution >= 4 is 0 Å². The smallest absolute Gasteiger partial charge is 0.00430 e. The molecule has 14 heavy (non-hydrogen) atoms. The van der Waals surface area contributed by atoms with Gasteiger partial charge in [0.15, 0.2) is 0 Å². The summed E-state index contributed by atoms with van der Waals surface area (Å²) in [4.78, 5) is 0. The van der Waals surface area contributed by atoms with Crippen LogP contribution in [0.2, 0.25) is 0 Å². The van der Waals surface area contributed by atoms with Gasteiger partial charge in [-0.1, -0.05) is 43.2 Å². The van der Waals surface area contributed by atoms with Crippen LogP contribution in [0.4, 0.5) is 0 Å². The lowest BCUT2D eigenvalue weighted by Gasteiger charge is -2.30. The lowest BCUT2D eigenvalue weighted by atomic mass is 9.75. The van der Waals surface area contributed by atoms with E-state index in [-0.39, 0.29) is 0 Å². The van der Waals surface area contributed by atoms with Crippen molar-refractivity contribution < 1.29 is 0 Å². The molecule has 0 saturated heterocycles. The van der Waals surface area contributed by atoms with Gasteiger partial charge in [-0.25, -0.2) is 0 Å². The van der Waals surface area contributed by atoms with Gasteiger partial charge in [0.25, 0.3) is 0 Å². The predicted molar refractivity (Wildman–Crippen MR) is 60.2 cm³/mol. The first kappa shape index (κ1) is 9.72. The Kier molecular flexibility index (Phi) is 3.20. The number of benzene rings is 1. The van der Waals surface area contributed by atoms with Gasteiger partial charge in [-0.05, 0) is 36.8 Å². The van der Waals surface area contributed by atoms with E-state index in [2.05, 4.69) is 30.3 Å². The van der Waals surface area contributed by atoms with Gasteiger partial charge in [-0.3, -0.25) is 0 Å². The second-order valence-electron chi connectivity index (χ2n) is 4.30. The molecule has 1 nitrogen and oxygen atoms in total. The molecule has 0 aliphatic heterocycles. The number of rotatable bonds is 2. The molecule has 2 atom stereocenters. The van der Waals surface area contributed by atoms with E-state index in [0.717, 1.165) is 12.5 Å². The first-order valence-electron chi connectivity index (χ1n) is 5.67. The van der Waals surface area contributed by atoms with Crippen LogP contribution in [0.3, 0.4) is 0 Å². The fourth-order valence-corrected chi connectivity index (χ4v) is 2.63. The summed E-state index contributed by atoms with van der Waals surface area (Å²) >= 11 is 0. The van der Waals surface area contributed by atoms with Gasteiger partial charge >= 0.3 is 0 Å².